The molecule has 0 atom stereocenters. The largest absolute Gasteiger partial charge is 0.355 e. The van der Waals surface area contributed by atoms with E-state index in [9.17, 15) is 4.79 Å². The van der Waals surface area contributed by atoms with Gasteiger partial charge in [-0.25, -0.2) is 4.98 Å². The molecule has 0 saturated carbocycles. The van der Waals surface area contributed by atoms with Gasteiger partial charge in [-0.1, -0.05) is 12.1 Å². The molecule has 106 valence electrons. The van der Waals surface area contributed by atoms with Crippen molar-refractivity contribution in [1.82, 2.24) is 19.8 Å². The number of nitrogens with zero attached hydrogens (tertiary/aromatic N) is 3. The van der Waals surface area contributed by atoms with Crippen molar-refractivity contribution in [2.75, 3.05) is 14.1 Å². The molecule has 0 spiro atoms. The smallest absolute Gasteiger partial charge is 0.251 e. The molecule has 20 heavy (non-hydrogen) atoms. The highest BCUT2D eigenvalue weighted by molar-refractivity contribution is 5.93. The van der Waals surface area contributed by atoms with Crippen molar-refractivity contribution in [1.29, 1.82) is 0 Å². The van der Waals surface area contributed by atoms with Crippen molar-refractivity contribution in [3.05, 3.63) is 53.6 Å². The molecular weight excluding hydrogens is 252 g/mol. The third-order valence-electron chi connectivity index (χ3n) is 3.23. The Kier molecular flexibility index (Phi) is 4.53. The van der Waals surface area contributed by atoms with E-state index in [0.717, 1.165) is 18.9 Å². The zero-order chi connectivity index (χ0) is 14.5. The maximum Gasteiger partial charge on any atom is 0.251 e. The molecule has 1 heterocycles. The summed E-state index contributed by atoms with van der Waals surface area (Å²) in [5.41, 5.74) is 1.86. The molecule has 0 fully saturated rings. The van der Waals surface area contributed by atoms with Crippen molar-refractivity contribution in [3.63, 3.8) is 0 Å². The number of rotatable bonds is 5. The molecule has 0 aliphatic rings. The Labute approximate surface area is 119 Å². The second kappa shape index (κ2) is 6.34. The maximum absolute atomic E-state index is 11.5. The van der Waals surface area contributed by atoms with E-state index in [-0.39, 0.29) is 5.91 Å². The molecule has 0 aliphatic carbocycles. The van der Waals surface area contributed by atoms with Crippen molar-refractivity contribution in [2.24, 2.45) is 7.05 Å². The average molecular weight is 272 g/mol. The Morgan fingerprint density at radius 3 is 2.55 bits per heavy atom. The molecule has 1 N–H and O–H groups in total. The quantitative estimate of drug-likeness (QED) is 0.895. The van der Waals surface area contributed by atoms with E-state index < -0.39 is 0 Å². The van der Waals surface area contributed by atoms with Crippen LogP contribution in [0.2, 0.25) is 0 Å². The predicted molar refractivity (Wildman–Crippen MR) is 78.2 cm³/mol. The zero-order valence-corrected chi connectivity index (χ0v) is 12.1. The molecule has 5 heteroatoms. The first-order chi connectivity index (χ1) is 9.60. The van der Waals surface area contributed by atoms with E-state index in [2.05, 4.69) is 22.2 Å². The van der Waals surface area contributed by atoms with E-state index in [0.29, 0.717) is 5.56 Å². The summed E-state index contributed by atoms with van der Waals surface area (Å²) in [6.45, 7) is 1.61. The minimum atomic E-state index is -0.0575. The average Bonchev–Trinajstić information content (AvgIpc) is 2.84. The summed E-state index contributed by atoms with van der Waals surface area (Å²) >= 11 is 0. The number of hydrogen-bond acceptors (Lipinski definition) is 3. The summed E-state index contributed by atoms with van der Waals surface area (Å²) in [5, 5.41) is 2.62. The van der Waals surface area contributed by atoms with Gasteiger partial charge in [-0.15, -0.1) is 0 Å². The summed E-state index contributed by atoms with van der Waals surface area (Å²) in [4.78, 5) is 18.0. The lowest BCUT2D eigenvalue weighted by Crippen LogP contribution is -2.20. The first-order valence-electron chi connectivity index (χ1n) is 6.56. The minimum absolute atomic E-state index is 0.0575. The van der Waals surface area contributed by atoms with Gasteiger partial charge >= 0.3 is 0 Å². The third kappa shape index (κ3) is 3.45. The molecule has 2 rings (SSSR count). The van der Waals surface area contributed by atoms with Gasteiger partial charge in [-0.05, 0) is 24.7 Å². The number of aryl methyl sites for hydroxylation is 1. The number of nitrogens with one attached hydrogen (secondary N) is 1. The zero-order valence-electron chi connectivity index (χ0n) is 12.1. The van der Waals surface area contributed by atoms with E-state index in [1.54, 1.807) is 13.2 Å². The third-order valence-corrected chi connectivity index (χ3v) is 3.23. The van der Waals surface area contributed by atoms with Gasteiger partial charge in [0.15, 0.2) is 0 Å². The predicted octanol–water partition coefficient (Wildman–Crippen LogP) is 1.41. The molecule has 0 bridgehead atoms. The molecule has 0 unspecified atom stereocenters. The molecule has 5 nitrogen and oxygen atoms in total. The summed E-state index contributed by atoms with van der Waals surface area (Å²) in [7, 11) is 5.69. The van der Waals surface area contributed by atoms with Crippen LogP contribution in [0.4, 0.5) is 0 Å². The van der Waals surface area contributed by atoms with E-state index in [1.807, 2.05) is 42.1 Å². The lowest BCUT2D eigenvalue weighted by Gasteiger charge is -2.16. The Balaban J connectivity index is 1.96. The first-order valence-corrected chi connectivity index (χ1v) is 6.56. The first kappa shape index (κ1) is 14.3. The van der Waals surface area contributed by atoms with Crippen LogP contribution in [0.3, 0.4) is 0 Å². The fraction of sp³-hybridized carbons (Fsp3) is 0.333. The molecule has 1 aromatic heterocycles. The summed E-state index contributed by atoms with van der Waals surface area (Å²) in [5.74, 6) is 0.979. The van der Waals surface area contributed by atoms with Crippen molar-refractivity contribution in [2.45, 2.75) is 13.1 Å². The number of carbonyl (C=O) groups excluding carboxylic acids is 1. The van der Waals surface area contributed by atoms with Crippen LogP contribution in [0.25, 0.3) is 0 Å². The van der Waals surface area contributed by atoms with E-state index >= 15 is 0 Å². The minimum Gasteiger partial charge on any atom is -0.355 e. The Bertz CT molecular complexity index is 574. The second-order valence-corrected chi connectivity index (χ2v) is 4.90. The molecule has 2 aromatic rings. The van der Waals surface area contributed by atoms with Gasteiger partial charge in [0.2, 0.25) is 0 Å². The van der Waals surface area contributed by atoms with Gasteiger partial charge in [0.25, 0.3) is 5.91 Å². The molecule has 0 aliphatic heterocycles. The molecule has 0 saturated heterocycles. The Morgan fingerprint density at radius 2 is 2.00 bits per heavy atom. The summed E-state index contributed by atoms with van der Waals surface area (Å²) in [6.07, 6.45) is 3.75. The monoisotopic (exact) mass is 272 g/mol. The fourth-order valence-electron chi connectivity index (χ4n) is 2.06. The van der Waals surface area contributed by atoms with Crippen LogP contribution in [-0.4, -0.2) is 34.5 Å². The summed E-state index contributed by atoms with van der Waals surface area (Å²) < 4.78 is 2.02. The SMILES string of the molecule is CNC(=O)c1ccc(CN(C)Cc2nccn2C)cc1. The van der Waals surface area contributed by atoms with Crippen LogP contribution in [-0.2, 0) is 20.1 Å². The van der Waals surface area contributed by atoms with Crippen LogP contribution < -0.4 is 5.32 Å². The van der Waals surface area contributed by atoms with Crippen LogP contribution in [0.5, 0.6) is 0 Å². The number of carbonyl (C=O) groups is 1. The Hall–Kier alpha value is -2.14. The van der Waals surface area contributed by atoms with Gasteiger partial charge in [0.05, 0.1) is 6.54 Å². The lowest BCUT2D eigenvalue weighted by atomic mass is 10.1. The van der Waals surface area contributed by atoms with Crippen LogP contribution in [0.1, 0.15) is 21.7 Å². The topological polar surface area (TPSA) is 50.2 Å². The van der Waals surface area contributed by atoms with Gasteiger partial charge in [-0.2, -0.15) is 0 Å². The van der Waals surface area contributed by atoms with E-state index in [1.165, 1.54) is 5.56 Å². The van der Waals surface area contributed by atoms with E-state index in [4.69, 9.17) is 0 Å². The maximum atomic E-state index is 11.5. The molecular formula is C15H20N4O. The fourth-order valence-corrected chi connectivity index (χ4v) is 2.06. The normalized spacial score (nSPS) is 10.8. The highest BCUT2D eigenvalue weighted by Gasteiger charge is 2.07. The standard InChI is InChI=1S/C15H20N4O/c1-16-15(20)13-6-4-12(5-7-13)10-18(2)11-14-17-8-9-19(14)3/h4-9H,10-11H2,1-3H3,(H,16,20). The van der Waals surface area contributed by atoms with Gasteiger partial charge in [0, 0.05) is 38.6 Å². The number of benzene rings is 1. The van der Waals surface area contributed by atoms with Crippen molar-refractivity contribution >= 4 is 5.91 Å². The lowest BCUT2D eigenvalue weighted by molar-refractivity contribution is 0.0963. The number of hydrogen-bond donors (Lipinski definition) is 1. The van der Waals surface area contributed by atoms with Crippen molar-refractivity contribution in [3.8, 4) is 0 Å². The van der Waals surface area contributed by atoms with Crippen molar-refractivity contribution < 1.29 is 4.79 Å². The van der Waals surface area contributed by atoms with Gasteiger partial charge < -0.3 is 9.88 Å². The number of amides is 1. The summed E-state index contributed by atoms with van der Waals surface area (Å²) in [6, 6.07) is 7.67. The van der Waals surface area contributed by atoms with Crippen LogP contribution in [0.15, 0.2) is 36.7 Å². The molecule has 1 amide bonds. The van der Waals surface area contributed by atoms with Gasteiger partial charge in [0.1, 0.15) is 5.82 Å². The number of aromatic nitrogens is 2. The molecule has 1 aromatic carbocycles. The van der Waals surface area contributed by atoms with Crippen LogP contribution >= 0.6 is 0 Å². The second-order valence-electron chi connectivity index (χ2n) is 4.90. The van der Waals surface area contributed by atoms with Crippen LogP contribution in [0, 0.1) is 0 Å². The number of imidazole rings is 1. The highest BCUT2D eigenvalue weighted by Crippen LogP contribution is 2.09. The highest BCUT2D eigenvalue weighted by atomic mass is 16.1. The Morgan fingerprint density at radius 1 is 1.30 bits per heavy atom. The van der Waals surface area contributed by atoms with Gasteiger partial charge in [-0.3, -0.25) is 9.69 Å². The molecule has 0 radical (unpaired) electrons.